The van der Waals surface area contributed by atoms with E-state index in [1.807, 2.05) is 17.2 Å². The number of pyridine rings is 1. The van der Waals surface area contributed by atoms with Crippen LogP contribution >= 0.6 is 0 Å². The molecule has 0 bridgehead atoms. The van der Waals surface area contributed by atoms with Gasteiger partial charge < -0.3 is 4.90 Å². The van der Waals surface area contributed by atoms with Crippen molar-refractivity contribution in [1.82, 2.24) is 20.1 Å². The zero-order valence-electron chi connectivity index (χ0n) is 14.0. The topological polar surface area (TPSA) is 59.0 Å². The highest BCUT2D eigenvalue weighted by Gasteiger charge is 2.24. The normalized spacial score (nSPS) is 17.6. The Labute approximate surface area is 146 Å². The van der Waals surface area contributed by atoms with Gasteiger partial charge in [0, 0.05) is 24.7 Å². The zero-order chi connectivity index (χ0) is 17.1. The van der Waals surface area contributed by atoms with Crippen LogP contribution in [0, 0.1) is 5.92 Å². The third kappa shape index (κ3) is 3.50. The molecule has 3 aromatic rings. The van der Waals surface area contributed by atoms with E-state index in [-0.39, 0.29) is 5.91 Å². The van der Waals surface area contributed by atoms with Gasteiger partial charge in [0.1, 0.15) is 0 Å². The lowest BCUT2D eigenvalue weighted by atomic mass is 9.90. The van der Waals surface area contributed by atoms with Gasteiger partial charge >= 0.3 is 0 Å². The number of hydrogen-bond donors (Lipinski definition) is 0. The summed E-state index contributed by atoms with van der Waals surface area (Å²) in [7, 11) is 0. The number of aromatic nitrogens is 3. The molecule has 1 aliphatic rings. The first-order valence-electron chi connectivity index (χ1n) is 8.69. The summed E-state index contributed by atoms with van der Waals surface area (Å²) in [6.45, 7) is 1.62. The molecule has 3 heterocycles. The first-order chi connectivity index (χ1) is 12.3. The highest BCUT2D eigenvalue weighted by Crippen LogP contribution is 2.23. The number of hydrogen-bond acceptors (Lipinski definition) is 4. The molecule has 1 amide bonds. The van der Waals surface area contributed by atoms with E-state index in [1.165, 1.54) is 10.9 Å². The maximum absolute atomic E-state index is 12.6. The van der Waals surface area contributed by atoms with Crippen LogP contribution in [0.15, 0.2) is 55.0 Å². The van der Waals surface area contributed by atoms with Crippen molar-refractivity contribution in [2.45, 2.75) is 19.3 Å². The van der Waals surface area contributed by atoms with Crippen LogP contribution in [0.3, 0.4) is 0 Å². The fourth-order valence-electron chi connectivity index (χ4n) is 3.60. The van der Waals surface area contributed by atoms with Crippen LogP contribution in [-0.4, -0.2) is 39.1 Å². The van der Waals surface area contributed by atoms with Crippen LogP contribution in [-0.2, 0) is 6.42 Å². The summed E-state index contributed by atoms with van der Waals surface area (Å²) < 4.78 is 0. The maximum atomic E-state index is 12.6. The van der Waals surface area contributed by atoms with Crippen molar-refractivity contribution in [3.63, 3.8) is 0 Å². The Balaban J connectivity index is 1.46. The van der Waals surface area contributed by atoms with E-state index < -0.39 is 0 Å². The van der Waals surface area contributed by atoms with E-state index in [0.29, 0.717) is 11.5 Å². The first kappa shape index (κ1) is 15.7. The number of carbonyl (C=O) groups excluding carboxylic acids is 1. The second-order valence-corrected chi connectivity index (χ2v) is 6.63. The van der Waals surface area contributed by atoms with E-state index in [0.717, 1.165) is 37.9 Å². The van der Waals surface area contributed by atoms with Crippen LogP contribution in [0.25, 0.3) is 10.9 Å². The van der Waals surface area contributed by atoms with E-state index in [4.69, 9.17) is 0 Å². The monoisotopic (exact) mass is 332 g/mol. The van der Waals surface area contributed by atoms with Gasteiger partial charge in [-0.1, -0.05) is 12.1 Å². The van der Waals surface area contributed by atoms with Gasteiger partial charge in [-0.3, -0.25) is 9.78 Å². The van der Waals surface area contributed by atoms with Gasteiger partial charge in [0.25, 0.3) is 5.91 Å². The summed E-state index contributed by atoms with van der Waals surface area (Å²) in [4.78, 5) is 18.9. The Morgan fingerprint density at radius 2 is 2.12 bits per heavy atom. The number of carbonyl (C=O) groups is 1. The van der Waals surface area contributed by atoms with Crippen LogP contribution in [0.5, 0.6) is 0 Å². The molecule has 5 nitrogen and oxygen atoms in total. The number of amides is 1. The highest BCUT2D eigenvalue weighted by atomic mass is 16.2. The molecule has 1 unspecified atom stereocenters. The van der Waals surface area contributed by atoms with Crippen molar-refractivity contribution < 1.29 is 4.79 Å². The minimum Gasteiger partial charge on any atom is -0.338 e. The molecule has 0 saturated carbocycles. The Hall–Kier alpha value is -2.82. The van der Waals surface area contributed by atoms with E-state index in [9.17, 15) is 4.79 Å². The number of likely N-dealkylation sites (tertiary alicyclic amines) is 1. The maximum Gasteiger partial charge on any atom is 0.255 e. The summed E-state index contributed by atoms with van der Waals surface area (Å²) in [5.41, 5.74) is 2.95. The third-order valence-electron chi connectivity index (χ3n) is 4.83. The van der Waals surface area contributed by atoms with Crippen LogP contribution in [0.2, 0.25) is 0 Å². The lowest BCUT2D eigenvalue weighted by molar-refractivity contribution is 0.0672. The van der Waals surface area contributed by atoms with Crippen molar-refractivity contribution in [2.75, 3.05) is 13.1 Å². The lowest BCUT2D eigenvalue weighted by Gasteiger charge is -2.33. The number of nitrogens with zero attached hydrogens (tertiary/aromatic N) is 4. The third-order valence-corrected chi connectivity index (χ3v) is 4.83. The van der Waals surface area contributed by atoms with Crippen molar-refractivity contribution in [3.8, 4) is 0 Å². The van der Waals surface area contributed by atoms with Gasteiger partial charge in [-0.2, -0.15) is 10.2 Å². The molecule has 0 N–H and O–H groups in total. The minimum absolute atomic E-state index is 0.0577. The largest absolute Gasteiger partial charge is 0.338 e. The van der Waals surface area contributed by atoms with Crippen molar-refractivity contribution in [3.05, 3.63) is 66.1 Å². The molecular formula is C20H20N4O. The molecule has 1 aromatic carbocycles. The van der Waals surface area contributed by atoms with Gasteiger partial charge in [-0.15, -0.1) is 0 Å². The Kier molecular flexibility index (Phi) is 4.37. The molecule has 126 valence electrons. The Morgan fingerprint density at radius 1 is 1.16 bits per heavy atom. The molecule has 1 atom stereocenters. The Bertz CT molecular complexity index is 881. The van der Waals surface area contributed by atoms with E-state index in [2.05, 4.69) is 39.4 Å². The van der Waals surface area contributed by atoms with Gasteiger partial charge in [0.2, 0.25) is 0 Å². The second-order valence-electron chi connectivity index (χ2n) is 6.63. The molecule has 25 heavy (non-hydrogen) atoms. The summed E-state index contributed by atoms with van der Waals surface area (Å²) >= 11 is 0. The SMILES string of the molecule is O=C(c1ccnnc1)N1CCCC(Cc2ccc3ncccc3c2)C1. The molecular weight excluding hydrogens is 312 g/mol. The van der Waals surface area contributed by atoms with Crippen molar-refractivity contribution in [2.24, 2.45) is 5.92 Å². The van der Waals surface area contributed by atoms with Gasteiger partial charge in [0.15, 0.2) is 0 Å². The minimum atomic E-state index is 0.0577. The van der Waals surface area contributed by atoms with Crippen molar-refractivity contribution in [1.29, 1.82) is 0 Å². The molecule has 0 radical (unpaired) electrons. The van der Waals surface area contributed by atoms with Gasteiger partial charge in [0.05, 0.1) is 23.5 Å². The molecule has 1 aliphatic heterocycles. The number of rotatable bonds is 3. The van der Waals surface area contributed by atoms with Gasteiger partial charge in [-0.25, -0.2) is 0 Å². The molecule has 0 aliphatic carbocycles. The van der Waals surface area contributed by atoms with Crippen molar-refractivity contribution >= 4 is 16.8 Å². The molecule has 4 rings (SSSR count). The molecule has 5 heteroatoms. The average molecular weight is 332 g/mol. The predicted molar refractivity (Wildman–Crippen MR) is 96.1 cm³/mol. The standard InChI is InChI=1S/C20H20N4O/c25-20(18-7-9-22-23-13-18)24-10-2-3-16(14-24)11-15-5-6-19-17(12-15)4-1-8-21-19/h1,4-9,12-13,16H,2-3,10-11,14H2. The molecule has 1 saturated heterocycles. The predicted octanol–water partition coefficient (Wildman–Crippen LogP) is 3.12. The van der Waals surface area contributed by atoms with E-state index in [1.54, 1.807) is 18.5 Å². The summed E-state index contributed by atoms with van der Waals surface area (Å²) in [5.74, 6) is 0.545. The first-order valence-corrected chi connectivity index (χ1v) is 8.69. The molecule has 0 spiro atoms. The van der Waals surface area contributed by atoms with Crippen LogP contribution < -0.4 is 0 Å². The average Bonchev–Trinajstić information content (AvgIpc) is 2.68. The summed E-state index contributed by atoms with van der Waals surface area (Å²) in [6.07, 6.45) is 8.12. The van der Waals surface area contributed by atoms with E-state index >= 15 is 0 Å². The zero-order valence-corrected chi connectivity index (χ0v) is 14.0. The Morgan fingerprint density at radius 3 is 3.00 bits per heavy atom. The smallest absolute Gasteiger partial charge is 0.255 e. The highest BCUT2D eigenvalue weighted by molar-refractivity contribution is 5.93. The second kappa shape index (κ2) is 6.97. The lowest BCUT2D eigenvalue weighted by Crippen LogP contribution is -2.40. The fourth-order valence-corrected chi connectivity index (χ4v) is 3.60. The summed E-state index contributed by atoms with van der Waals surface area (Å²) in [6, 6.07) is 12.3. The van der Waals surface area contributed by atoms with Crippen LogP contribution in [0.1, 0.15) is 28.8 Å². The van der Waals surface area contributed by atoms with Gasteiger partial charge in [-0.05, 0) is 55.0 Å². The number of benzene rings is 1. The number of piperidine rings is 1. The quantitative estimate of drug-likeness (QED) is 0.739. The fraction of sp³-hybridized carbons (Fsp3) is 0.300. The summed E-state index contributed by atoms with van der Waals surface area (Å²) in [5, 5.41) is 8.73. The molecule has 1 fully saturated rings. The molecule has 2 aromatic heterocycles. The number of fused-ring (bicyclic) bond motifs is 1. The van der Waals surface area contributed by atoms with Crippen LogP contribution in [0.4, 0.5) is 0 Å².